The van der Waals surface area contributed by atoms with Gasteiger partial charge in [-0.3, -0.25) is 0 Å². The Morgan fingerprint density at radius 2 is 1.67 bits per heavy atom. The van der Waals surface area contributed by atoms with Crippen molar-refractivity contribution < 1.29 is 0 Å². The van der Waals surface area contributed by atoms with Gasteiger partial charge in [0.2, 0.25) is 0 Å². The maximum Gasteiger partial charge on any atom is 0.0814 e. The lowest BCUT2D eigenvalue weighted by Gasteiger charge is -1.87. The summed E-state index contributed by atoms with van der Waals surface area (Å²) in [6, 6.07) is 10.0. The van der Waals surface area contributed by atoms with E-state index in [4.69, 9.17) is 11.2 Å². The lowest BCUT2D eigenvalue weighted by atomic mass is 10.4. The average molecular weight is 158 g/mol. The van der Waals surface area contributed by atoms with Crippen LogP contribution in [0.15, 0.2) is 30.3 Å². The SMILES string of the molecule is B.ClPc1ccccc1. The Morgan fingerprint density at radius 1 is 1.11 bits per heavy atom. The second kappa shape index (κ2) is 4.84. The number of halogens is 1. The van der Waals surface area contributed by atoms with Crippen molar-refractivity contribution in [3.8, 4) is 0 Å². The molecular formula is C6H9BClP. The van der Waals surface area contributed by atoms with Crippen molar-refractivity contribution in [1.29, 1.82) is 0 Å². The van der Waals surface area contributed by atoms with Crippen LogP contribution in [-0.2, 0) is 0 Å². The molecule has 1 rings (SSSR count). The van der Waals surface area contributed by atoms with Gasteiger partial charge in [0.15, 0.2) is 0 Å². The van der Waals surface area contributed by atoms with Crippen LogP contribution in [0, 0.1) is 0 Å². The molecule has 0 N–H and O–H groups in total. The summed E-state index contributed by atoms with van der Waals surface area (Å²) in [4.78, 5) is 0. The summed E-state index contributed by atoms with van der Waals surface area (Å²) in [5, 5.41) is 1.20. The molecule has 0 aliphatic carbocycles. The summed E-state index contributed by atoms with van der Waals surface area (Å²) in [5.74, 6) is 0. The summed E-state index contributed by atoms with van der Waals surface area (Å²) in [6.45, 7) is 0. The predicted octanol–water partition coefficient (Wildman–Crippen LogP) is 0.960. The second-order valence-corrected chi connectivity index (χ2v) is 2.79. The van der Waals surface area contributed by atoms with Gasteiger partial charge in [-0.25, -0.2) is 0 Å². The molecule has 0 fully saturated rings. The number of hydrogen-bond donors (Lipinski definition) is 0. The summed E-state index contributed by atoms with van der Waals surface area (Å²) in [5.41, 5.74) is 0. The van der Waals surface area contributed by atoms with Crippen LogP contribution in [-0.4, -0.2) is 8.41 Å². The lowest BCUT2D eigenvalue weighted by molar-refractivity contribution is 1.78. The van der Waals surface area contributed by atoms with E-state index in [0.717, 1.165) is 0 Å². The Bertz CT molecular complexity index is 154. The summed E-state index contributed by atoms with van der Waals surface area (Å²) in [7, 11) is 0.402. The summed E-state index contributed by atoms with van der Waals surface area (Å²) < 4.78 is 0. The predicted molar refractivity (Wildman–Crippen MR) is 50.2 cm³/mol. The Hall–Kier alpha value is 0.00494. The molecule has 0 aliphatic heterocycles. The van der Waals surface area contributed by atoms with E-state index in [0.29, 0.717) is 7.93 Å². The molecule has 0 nitrogen and oxygen atoms in total. The van der Waals surface area contributed by atoms with Gasteiger partial charge in [-0.2, -0.15) is 0 Å². The Balaban J connectivity index is 0.000000640. The van der Waals surface area contributed by atoms with Gasteiger partial charge in [-0.1, -0.05) is 41.6 Å². The van der Waals surface area contributed by atoms with Gasteiger partial charge >= 0.3 is 0 Å². The summed E-state index contributed by atoms with van der Waals surface area (Å²) >= 11 is 5.55. The molecule has 0 spiro atoms. The first kappa shape index (κ1) is 9.00. The zero-order chi connectivity index (χ0) is 5.82. The zero-order valence-corrected chi connectivity index (χ0v) is 6.02. The largest absolute Gasteiger partial charge is 0.0948 e. The molecule has 1 aromatic rings. The van der Waals surface area contributed by atoms with E-state index in [9.17, 15) is 0 Å². The van der Waals surface area contributed by atoms with E-state index in [1.54, 1.807) is 0 Å². The lowest BCUT2D eigenvalue weighted by Crippen LogP contribution is -1.85. The highest BCUT2D eigenvalue weighted by Gasteiger charge is 1.81. The molecule has 0 heterocycles. The average Bonchev–Trinajstić information content (AvgIpc) is 1.90. The molecule has 0 aromatic heterocycles. The molecule has 0 bridgehead atoms. The van der Waals surface area contributed by atoms with Gasteiger partial charge in [-0.15, -0.1) is 0 Å². The molecule has 1 unspecified atom stereocenters. The fraction of sp³-hybridized carbons (Fsp3) is 0. The third kappa shape index (κ3) is 2.88. The van der Waals surface area contributed by atoms with E-state index in [1.807, 2.05) is 30.3 Å². The first-order valence-corrected chi connectivity index (χ1v) is 4.36. The van der Waals surface area contributed by atoms with E-state index in [2.05, 4.69) is 0 Å². The van der Waals surface area contributed by atoms with E-state index < -0.39 is 0 Å². The van der Waals surface area contributed by atoms with Crippen LogP contribution in [0.2, 0.25) is 0 Å². The monoisotopic (exact) mass is 158 g/mol. The Morgan fingerprint density at radius 3 is 2.00 bits per heavy atom. The van der Waals surface area contributed by atoms with Gasteiger partial charge in [0.1, 0.15) is 0 Å². The van der Waals surface area contributed by atoms with E-state index in [-0.39, 0.29) is 8.41 Å². The van der Waals surface area contributed by atoms with Crippen molar-refractivity contribution in [3.05, 3.63) is 30.3 Å². The maximum atomic E-state index is 5.55. The van der Waals surface area contributed by atoms with Crippen molar-refractivity contribution in [2.75, 3.05) is 0 Å². The van der Waals surface area contributed by atoms with Crippen LogP contribution < -0.4 is 5.30 Å². The first-order chi connectivity index (χ1) is 3.93. The Kier molecular flexibility index (Phi) is 4.85. The molecule has 9 heavy (non-hydrogen) atoms. The molecule has 1 aromatic carbocycles. The van der Waals surface area contributed by atoms with Crippen LogP contribution in [0.5, 0.6) is 0 Å². The fourth-order valence-electron chi connectivity index (χ4n) is 0.501. The van der Waals surface area contributed by atoms with Gasteiger partial charge in [0, 0.05) is 7.93 Å². The minimum Gasteiger partial charge on any atom is -0.0948 e. The zero-order valence-electron chi connectivity index (χ0n) is 4.26. The molecule has 0 amide bonds. The normalized spacial score (nSPS) is 9.44. The van der Waals surface area contributed by atoms with Crippen molar-refractivity contribution in [3.63, 3.8) is 0 Å². The van der Waals surface area contributed by atoms with Crippen LogP contribution in [0.4, 0.5) is 0 Å². The van der Waals surface area contributed by atoms with Crippen molar-refractivity contribution >= 4 is 32.9 Å². The third-order valence-electron chi connectivity index (χ3n) is 0.883. The number of benzene rings is 1. The minimum absolute atomic E-state index is 0. The molecule has 0 aliphatic rings. The van der Waals surface area contributed by atoms with Gasteiger partial charge in [-0.05, 0) is 5.30 Å². The molecular weight excluding hydrogens is 149 g/mol. The highest BCUT2D eigenvalue weighted by Crippen LogP contribution is 2.13. The number of hydrogen-bond acceptors (Lipinski definition) is 0. The fourth-order valence-corrected chi connectivity index (χ4v) is 1.20. The van der Waals surface area contributed by atoms with Crippen LogP contribution in [0.1, 0.15) is 0 Å². The second-order valence-electron chi connectivity index (χ2n) is 1.46. The smallest absolute Gasteiger partial charge is 0.0814 e. The minimum atomic E-state index is 0. The number of rotatable bonds is 1. The molecule has 0 radical (unpaired) electrons. The van der Waals surface area contributed by atoms with Gasteiger partial charge in [0.25, 0.3) is 0 Å². The van der Waals surface area contributed by atoms with Crippen molar-refractivity contribution in [1.82, 2.24) is 0 Å². The van der Waals surface area contributed by atoms with Crippen molar-refractivity contribution in [2.45, 2.75) is 0 Å². The standard InChI is InChI=1S/C6H6ClP.BH3/c7-8-6-4-2-1-3-5-6;/h1-5,8H;1H3. The molecule has 0 saturated heterocycles. The van der Waals surface area contributed by atoms with E-state index >= 15 is 0 Å². The first-order valence-electron chi connectivity index (χ1n) is 2.35. The molecule has 0 saturated carbocycles. The maximum absolute atomic E-state index is 5.55. The van der Waals surface area contributed by atoms with Crippen molar-refractivity contribution in [2.24, 2.45) is 0 Å². The summed E-state index contributed by atoms with van der Waals surface area (Å²) in [6.07, 6.45) is 0. The van der Waals surface area contributed by atoms with E-state index in [1.165, 1.54) is 5.30 Å². The topological polar surface area (TPSA) is 0 Å². The van der Waals surface area contributed by atoms with Crippen LogP contribution >= 0.6 is 19.2 Å². The highest BCUT2D eigenvalue weighted by atomic mass is 35.7. The highest BCUT2D eigenvalue weighted by molar-refractivity contribution is 7.74. The van der Waals surface area contributed by atoms with Gasteiger partial charge < -0.3 is 0 Å². The molecule has 3 heteroatoms. The quantitative estimate of drug-likeness (QED) is 0.422. The Labute approximate surface area is 63.8 Å². The molecule has 1 atom stereocenters. The molecule has 48 valence electrons. The van der Waals surface area contributed by atoms with Crippen LogP contribution in [0.25, 0.3) is 0 Å². The van der Waals surface area contributed by atoms with Gasteiger partial charge in [0.05, 0.1) is 8.41 Å². The van der Waals surface area contributed by atoms with Crippen LogP contribution in [0.3, 0.4) is 0 Å². The third-order valence-corrected chi connectivity index (χ3v) is 2.09.